The van der Waals surface area contributed by atoms with Gasteiger partial charge in [-0.1, -0.05) is 24.0 Å². The summed E-state index contributed by atoms with van der Waals surface area (Å²) in [6.07, 6.45) is 2.09. The average molecular weight is 343 g/mol. The van der Waals surface area contributed by atoms with Crippen LogP contribution in [0.2, 0.25) is 0 Å². The average Bonchev–Trinajstić information content (AvgIpc) is 3.01. The van der Waals surface area contributed by atoms with E-state index in [1.54, 1.807) is 12.1 Å². The molecule has 5 nitrogen and oxygen atoms in total. The Bertz CT molecular complexity index is 747. The first-order valence-electron chi connectivity index (χ1n) is 6.40. The molecule has 1 atom stereocenters. The van der Waals surface area contributed by atoms with Crippen molar-refractivity contribution < 1.29 is 17.6 Å². The highest BCUT2D eigenvalue weighted by atomic mass is 32.2. The lowest BCUT2D eigenvalue weighted by molar-refractivity contribution is -0.123. The SMILES string of the molecule is Cc1ccc(/C=C2\SC(=S)N([C@H]3CCS(=O)(=O)C3)C2=O)o1. The van der Waals surface area contributed by atoms with Crippen molar-refractivity contribution in [3.63, 3.8) is 0 Å². The molecule has 2 aliphatic rings. The van der Waals surface area contributed by atoms with Crippen molar-refractivity contribution in [2.75, 3.05) is 11.5 Å². The third kappa shape index (κ3) is 2.93. The van der Waals surface area contributed by atoms with Gasteiger partial charge in [0.2, 0.25) is 0 Å². The van der Waals surface area contributed by atoms with Gasteiger partial charge in [-0.2, -0.15) is 0 Å². The second-order valence-corrected chi connectivity index (χ2v) is 8.96. The molecule has 0 aliphatic carbocycles. The molecule has 0 spiro atoms. The van der Waals surface area contributed by atoms with Gasteiger partial charge in [-0.05, 0) is 25.5 Å². The second-order valence-electron chi connectivity index (χ2n) is 5.06. The molecule has 0 unspecified atom stereocenters. The van der Waals surface area contributed by atoms with Crippen LogP contribution in [0.3, 0.4) is 0 Å². The first-order valence-corrected chi connectivity index (χ1v) is 9.44. The minimum absolute atomic E-state index is 0.00736. The third-order valence-electron chi connectivity index (χ3n) is 3.43. The van der Waals surface area contributed by atoms with E-state index in [9.17, 15) is 13.2 Å². The first-order chi connectivity index (χ1) is 9.85. The highest BCUT2D eigenvalue weighted by Crippen LogP contribution is 2.36. The Kier molecular flexibility index (Phi) is 3.71. The van der Waals surface area contributed by atoms with E-state index in [0.29, 0.717) is 21.4 Å². The maximum atomic E-state index is 12.4. The van der Waals surface area contributed by atoms with E-state index in [0.717, 1.165) is 5.76 Å². The second kappa shape index (κ2) is 5.26. The highest BCUT2D eigenvalue weighted by Gasteiger charge is 2.42. The molecule has 8 heteroatoms. The number of hydrogen-bond donors (Lipinski definition) is 0. The van der Waals surface area contributed by atoms with Crippen molar-refractivity contribution in [2.45, 2.75) is 19.4 Å². The Morgan fingerprint density at radius 1 is 1.48 bits per heavy atom. The van der Waals surface area contributed by atoms with Crippen LogP contribution in [0, 0.1) is 6.92 Å². The zero-order valence-electron chi connectivity index (χ0n) is 11.2. The molecule has 1 aromatic heterocycles. The van der Waals surface area contributed by atoms with Crippen LogP contribution in [0.15, 0.2) is 21.5 Å². The van der Waals surface area contributed by atoms with Crippen LogP contribution in [-0.2, 0) is 14.6 Å². The van der Waals surface area contributed by atoms with Crippen LogP contribution < -0.4 is 0 Å². The summed E-state index contributed by atoms with van der Waals surface area (Å²) in [6.45, 7) is 1.83. The number of amides is 1. The monoisotopic (exact) mass is 343 g/mol. The van der Waals surface area contributed by atoms with Crippen LogP contribution >= 0.6 is 24.0 Å². The summed E-state index contributed by atoms with van der Waals surface area (Å²) >= 11 is 6.42. The standard InChI is InChI=1S/C13H13NO4S3/c1-8-2-3-10(18-8)6-11-12(15)14(13(19)20-11)9-4-5-21(16,17)7-9/h2-3,6,9H,4-5,7H2,1H3/b11-6-/t9-/m0/s1. The number of carbonyl (C=O) groups is 1. The number of thiocarbonyl (C=S) groups is 1. The Morgan fingerprint density at radius 2 is 2.24 bits per heavy atom. The van der Waals surface area contributed by atoms with E-state index in [-0.39, 0.29) is 23.5 Å². The lowest BCUT2D eigenvalue weighted by Gasteiger charge is -2.20. The van der Waals surface area contributed by atoms with Crippen LogP contribution in [0.4, 0.5) is 0 Å². The summed E-state index contributed by atoms with van der Waals surface area (Å²) in [4.78, 5) is 14.3. The zero-order valence-corrected chi connectivity index (χ0v) is 13.7. The van der Waals surface area contributed by atoms with Gasteiger partial charge >= 0.3 is 0 Å². The Balaban J connectivity index is 1.84. The number of furan rings is 1. The van der Waals surface area contributed by atoms with Crippen LogP contribution in [0.1, 0.15) is 17.9 Å². The van der Waals surface area contributed by atoms with Crippen LogP contribution in [0.5, 0.6) is 0 Å². The Hall–Kier alpha value is -1.12. The molecule has 1 aromatic rings. The molecule has 21 heavy (non-hydrogen) atoms. The number of carbonyl (C=O) groups excluding carboxylic acids is 1. The summed E-state index contributed by atoms with van der Waals surface area (Å²) < 4.78 is 29.0. The molecule has 3 heterocycles. The predicted molar refractivity (Wildman–Crippen MR) is 85.5 cm³/mol. The van der Waals surface area contributed by atoms with Crippen molar-refractivity contribution in [1.82, 2.24) is 4.90 Å². The van der Waals surface area contributed by atoms with E-state index in [4.69, 9.17) is 16.6 Å². The van der Waals surface area contributed by atoms with Gasteiger partial charge in [0.15, 0.2) is 9.84 Å². The first kappa shape index (κ1) is 14.8. The fraction of sp³-hybridized carbons (Fsp3) is 0.385. The molecule has 3 rings (SSSR count). The lowest BCUT2D eigenvalue weighted by atomic mass is 10.2. The number of hydrogen-bond acceptors (Lipinski definition) is 6. The van der Waals surface area contributed by atoms with Gasteiger partial charge < -0.3 is 4.42 Å². The largest absolute Gasteiger partial charge is 0.462 e. The normalized spacial score (nSPS) is 27.0. The summed E-state index contributed by atoms with van der Waals surface area (Å²) in [5, 5.41) is 0. The molecule has 0 aromatic carbocycles. The number of thioether (sulfide) groups is 1. The summed E-state index contributed by atoms with van der Waals surface area (Å²) in [5.74, 6) is 1.23. The molecular formula is C13H13NO4S3. The summed E-state index contributed by atoms with van der Waals surface area (Å²) in [6, 6.07) is 3.25. The smallest absolute Gasteiger partial charge is 0.266 e. The van der Waals surface area contributed by atoms with E-state index in [1.807, 2.05) is 13.0 Å². The van der Waals surface area contributed by atoms with Gasteiger partial charge in [0.25, 0.3) is 5.91 Å². The van der Waals surface area contributed by atoms with Crippen molar-refractivity contribution in [3.05, 3.63) is 28.6 Å². The van der Waals surface area contributed by atoms with Crippen LogP contribution in [-0.4, -0.2) is 41.1 Å². The van der Waals surface area contributed by atoms with Gasteiger partial charge in [-0.15, -0.1) is 0 Å². The fourth-order valence-corrected chi connectivity index (χ4v) is 5.51. The molecule has 2 aliphatic heterocycles. The number of nitrogens with zero attached hydrogens (tertiary/aromatic N) is 1. The number of sulfone groups is 1. The maximum Gasteiger partial charge on any atom is 0.266 e. The number of rotatable bonds is 2. The molecule has 2 fully saturated rings. The van der Waals surface area contributed by atoms with E-state index in [1.165, 1.54) is 16.7 Å². The van der Waals surface area contributed by atoms with Gasteiger partial charge in [0.05, 0.1) is 22.5 Å². The van der Waals surface area contributed by atoms with Crippen molar-refractivity contribution >= 4 is 50.1 Å². The minimum atomic E-state index is -3.05. The molecule has 0 radical (unpaired) electrons. The van der Waals surface area contributed by atoms with E-state index >= 15 is 0 Å². The lowest BCUT2D eigenvalue weighted by Crippen LogP contribution is -2.39. The van der Waals surface area contributed by atoms with E-state index < -0.39 is 9.84 Å². The Morgan fingerprint density at radius 3 is 2.81 bits per heavy atom. The molecule has 2 saturated heterocycles. The minimum Gasteiger partial charge on any atom is -0.462 e. The predicted octanol–water partition coefficient (Wildman–Crippen LogP) is 1.98. The van der Waals surface area contributed by atoms with Crippen LogP contribution in [0.25, 0.3) is 6.08 Å². The maximum absolute atomic E-state index is 12.4. The van der Waals surface area contributed by atoms with Crippen molar-refractivity contribution in [2.24, 2.45) is 0 Å². The molecule has 0 bridgehead atoms. The van der Waals surface area contributed by atoms with Gasteiger partial charge in [0.1, 0.15) is 15.8 Å². The van der Waals surface area contributed by atoms with E-state index in [2.05, 4.69) is 0 Å². The molecule has 0 N–H and O–H groups in total. The summed E-state index contributed by atoms with van der Waals surface area (Å²) in [5.41, 5.74) is 0. The van der Waals surface area contributed by atoms with Gasteiger partial charge in [-0.3, -0.25) is 9.69 Å². The fourth-order valence-electron chi connectivity index (χ4n) is 2.43. The topological polar surface area (TPSA) is 67.6 Å². The highest BCUT2D eigenvalue weighted by molar-refractivity contribution is 8.26. The van der Waals surface area contributed by atoms with Gasteiger partial charge in [-0.25, -0.2) is 8.42 Å². The molecule has 112 valence electrons. The molecular weight excluding hydrogens is 330 g/mol. The quantitative estimate of drug-likeness (QED) is 0.604. The zero-order chi connectivity index (χ0) is 15.2. The van der Waals surface area contributed by atoms with Crippen molar-refractivity contribution in [1.29, 1.82) is 0 Å². The van der Waals surface area contributed by atoms with Crippen molar-refractivity contribution in [3.8, 4) is 0 Å². The summed E-state index contributed by atoms with van der Waals surface area (Å²) in [7, 11) is -3.05. The Labute approximate surface area is 132 Å². The number of aryl methyl sites for hydroxylation is 1. The third-order valence-corrected chi connectivity index (χ3v) is 6.51. The molecule has 0 saturated carbocycles. The van der Waals surface area contributed by atoms with Gasteiger partial charge in [0, 0.05) is 6.08 Å². The molecule has 1 amide bonds.